The van der Waals surface area contributed by atoms with Crippen molar-refractivity contribution in [2.45, 2.75) is 37.0 Å². The lowest BCUT2D eigenvalue weighted by atomic mass is 9.96. The fourth-order valence-electron chi connectivity index (χ4n) is 3.87. The number of nitrogens with one attached hydrogen (secondary N) is 1. The number of amides is 1. The van der Waals surface area contributed by atoms with Crippen LogP contribution in [0.1, 0.15) is 36.5 Å². The van der Waals surface area contributed by atoms with Gasteiger partial charge in [0.25, 0.3) is 0 Å². The van der Waals surface area contributed by atoms with E-state index in [0.717, 1.165) is 22.6 Å². The van der Waals surface area contributed by atoms with Gasteiger partial charge in [0.2, 0.25) is 11.8 Å². The molecule has 4 atom stereocenters. The zero-order chi connectivity index (χ0) is 15.1. The van der Waals surface area contributed by atoms with Crippen molar-refractivity contribution in [1.29, 1.82) is 0 Å². The first-order valence-corrected chi connectivity index (χ1v) is 8.66. The van der Waals surface area contributed by atoms with Crippen LogP contribution in [-0.4, -0.2) is 29.2 Å². The standard InChI is InChI=1S/C16H19N3O2S/c1-21-13-8-11(4-5-17-13)14-15(20)19-16(22-14)18-12-7-9-2-3-10(12)6-9/h4-5,8-10,12,14H,2-3,6-7H2,1H3,(H,18,19,20)/t9-,10+,12?,14?/m1/s1. The summed E-state index contributed by atoms with van der Waals surface area (Å²) in [4.78, 5) is 21.2. The van der Waals surface area contributed by atoms with E-state index in [0.29, 0.717) is 11.9 Å². The molecule has 116 valence electrons. The van der Waals surface area contributed by atoms with E-state index in [9.17, 15) is 4.79 Å². The fourth-order valence-corrected chi connectivity index (χ4v) is 4.89. The summed E-state index contributed by atoms with van der Waals surface area (Å²) in [5.74, 6) is 2.13. The number of aromatic nitrogens is 1. The number of carbonyl (C=O) groups is 1. The molecule has 4 rings (SSSR count). The molecule has 1 aromatic rings. The number of amidine groups is 1. The van der Waals surface area contributed by atoms with Crippen molar-refractivity contribution in [3.8, 4) is 5.88 Å². The van der Waals surface area contributed by atoms with Crippen LogP contribution in [0.15, 0.2) is 23.3 Å². The number of hydrogen-bond donors (Lipinski definition) is 1. The summed E-state index contributed by atoms with van der Waals surface area (Å²) in [5.41, 5.74) is 0.910. The summed E-state index contributed by atoms with van der Waals surface area (Å²) < 4.78 is 5.14. The highest BCUT2D eigenvalue weighted by Crippen LogP contribution is 2.46. The van der Waals surface area contributed by atoms with Crippen molar-refractivity contribution >= 4 is 22.8 Å². The molecule has 1 aromatic heterocycles. The second-order valence-electron chi connectivity index (χ2n) is 6.30. The summed E-state index contributed by atoms with van der Waals surface area (Å²) in [6.07, 6.45) is 6.86. The predicted molar refractivity (Wildman–Crippen MR) is 85.9 cm³/mol. The van der Waals surface area contributed by atoms with Gasteiger partial charge in [-0.25, -0.2) is 4.98 Å². The molecule has 0 radical (unpaired) electrons. The Hall–Kier alpha value is -1.56. The summed E-state index contributed by atoms with van der Waals surface area (Å²) in [6, 6.07) is 4.09. The number of pyridine rings is 1. The van der Waals surface area contributed by atoms with Crippen molar-refractivity contribution in [3.63, 3.8) is 0 Å². The SMILES string of the molecule is COc1cc(C2SC(=NC3C[C@@H]4CC[C@H]3C4)NC2=O)ccn1. The minimum atomic E-state index is -0.255. The molecule has 3 aliphatic rings. The molecule has 2 bridgehead atoms. The van der Waals surface area contributed by atoms with Crippen LogP contribution in [0.2, 0.25) is 0 Å². The van der Waals surface area contributed by atoms with Crippen molar-refractivity contribution in [2.24, 2.45) is 16.8 Å². The van der Waals surface area contributed by atoms with Gasteiger partial charge in [-0.1, -0.05) is 18.2 Å². The third-order valence-electron chi connectivity index (χ3n) is 4.95. The van der Waals surface area contributed by atoms with Crippen LogP contribution in [0.3, 0.4) is 0 Å². The maximum Gasteiger partial charge on any atom is 0.244 e. The topological polar surface area (TPSA) is 63.6 Å². The van der Waals surface area contributed by atoms with Gasteiger partial charge >= 0.3 is 0 Å². The molecule has 0 aromatic carbocycles. The minimum absolute atomic E-state index is 0.000148. The smallest absolute Gasteiger partial charge is 0.244 e. The average molecular weight is 317 g/mol. The van der Waals surface area contributed by atoms with Gasteiger partial charge in [-0.3, -0.25) is 9.79 Å². The maximum atomic E-state index is 12.2. The van der Waals surface area contributed by atoms with Crippen molar-refractivity contribution in [3.05, 3.63) is 23.9 Å². The lowest BCUT2D eigenvalue weighted by Crippen LogP contribution is -2.24. The first-order chi connectivity index (χ1) is 10.7. The summed E-state index contributed by atoms with van der Waals surface area (Å²) >= 11 is 1.51. The number of carbonyl (C=O) groups excluding carboxylic acids is 1. The van der Waals surface area contributed by atoms with Crippen LogP contribution in [0.4, 0.5) is 0 Å². The second-order valence-corrected chi connectivity index (χ2v) is 7.39. The number of nitrogens with zero attached hydrogens (tertiary/aromatic N) is 2. The quantitative estimate of drug-likeness (QED) is 0.930. The highest BCUT2D eigenvalue weighted by molar-refractivity contribution is 8.15. The summed E-state index contributed by atoms with van der Waals surface area (Å²) in [6.45, 7) is 0. The highest BCUT2D eigenvalue weighted by Gasteiger charge is 2.41. The second kappa shape index (κ2) is 5.57. The number of rotatable bonds is 3. The third kappa shape index (κ3) is 2.49. The van der Waals surface area contributed by atoms with Crippen molar-refractivity contribution in [1.82, 2.24) is 10.3 Å². The number of hydrogen-bond acceptors (Lipinski definition) is 5. The molecule has 2 unspecified atom stereocenters. The third-order valence-corrected chi connectivity index (χ3v) is 6.11. The minimum Gasteiger partial charge on any atom is -0.481 e. The Kier molecular flexibility index (Phi) is 3.56. The van der Waals surface area contributed by atoms with E-state index >= 15 is 0 Å². The van der Waals surface area contributed by atoms with E-state index in [1.807, 2.05) is 12.1 Å². The van der Waals surface area contributed by atoms with Crippen LogP contribution in [0, 0.1) is 11.8 Å². The van der Waals surface area contributed by atoms with E-state index in [1.54, 1.807) is 13.3 Å². The van der Waals surface area contributed by atoms with E-state index in [4.69, 9.17) is 9.73 Å². The average Bonchev–Trinajstić information content (AvgIpc) is 3.23. The number of thioether (sulfide) groups is 1. The molecular weight excluding hydrogens is 298 g/mol. The fraction of sp³-hybridized carbons (Fsp3) is 0.562. The van der Waals surface area contributed by atoms with Gasteiger partial charge in [-0.15, -0.1) is 0 Å². The summed E-state index contributed by atoms with van der Waals surface area (Å²) in [5, 5.41) is 3.46. The van der Waals surface area contributed by atoms with Crippen LogP contribution in [0.5, 0.6) is 5.88 Å². The van der Waals surface area contributed by atoms with Gasteiger partial charge in [0, 0.05) is 12.3 Å². The van der Waals surface area contributed by atoms with Gasteiger partial charge < -0.3 is 10.1 Å². The predicted octanol–water partition coefficient (Wildman–Crippen LogP) is 2.54. The molecule has 1 N–H and O–H groups in total. The lowest BCUT2D eigenvalue weighted by Gasteiger charge is -2.17. The molecule has 22 heavy (non-hydrogen) atoms. The molecule has 2 saturated carbocycles. The normalized spacial score (nSPS) is 35.1. The molecule has 2 heterocycles. The molecule has 1 amide bonds. The number of aliphatic imine (C=N–C) groups is 1. The van der Waals surface area contributed by atoms with Gasteiger partial charge in [0.1, 0.15) is 5.25 Å². The highest BCUT2D eigenvalue weighted by atomic mass is 32.2. The lowest BCUT2D eigenvalue weighted by molar-refractivity contribution is -0.118. The largest absolute Gasteiger partial charge is 0.481 e. The van der Waals surface area contributed by atoms with Crippen LogP contribution in [-0.2, 0) is 4.79 Å². The molecular formula is C16H19N3O2S. The van der Waals surface area contributed by atoms with Crippen LogP contribution in [0.25, 0.3) is 0 Å². The van der Waals surface area contributed by atoms with Gasteiger partial charge in [-0.2, -0.15) is 0 Å². The Morgan fingerprint density at radius 2 is 2.32 bits per heavy atom. The molecule has 2 aliphatic carbocycles. The maximum absolute atomic E-state index is 12.2. The van der Waals surface area contributed by atoms with Crippen LogP contribution < -0.4 is 10.1 Å². The Morgan fingerprint density at radius 1 is 1.41 bits per heavy atom. The zero-order valence-electron chi connectivity index (χ0n) is 12.5. The Bertz CT molecular complexity index is 634. The Morgan fingerprint density at radius 3 is 3.05 bits per heavy atom. The Labute approximate surface area is 133 Å². The number of ether oxygens (including phenoxy) is 1. The van der Waals surface area contributed by atoms with E-state index in [-0.39, 0.29) is 11.2 Å². The van der Waals surface area contributed by atoms with E-state index in [2.05, 4.69) is 10.3 Å². The van der Waals surface area contributed by atoms with Gasteiger partial charge in [0.05, 0.1) is 13.2 Å². The molecule has 6 heteroatoms. The molecule has 1 aliphatic heterocycles. The van der Waals surface area contributed by atoms with Gasteiger partial charge in [-0.05, 0) is 42.7 Å². The zero-order valence-corrected chi connectivity index (χ0v) is 13.3. The molecule has 5 nitrogen and oxygen atoms in total. The first kappa shape index (κ1) is 14.1. The van der Waals surface area contributed by atoms with E-state index < -0.39 is 0 Å². The Balaban J connectivity index is 1.51. The molecule has 1 saturated heterocycles. The van der Waals surface area contributed by atoms with Crippen molar-refractivity contribution < 1.29 is 9.53 Å². The summed E-state index contributed by atoms with van der Waals surface area (Å²) in [7, 11) is 1.58. The molecule has 0 spiro atoms. The van der Waals surface area contributed by atoms with E-state index in [1.165, 1.54) is 37.4 Å². The number of fused-ring (bicyclic) bond motifs is 2. The van der Waals surface area contributed by atoms with Gasteiger partial charge in [0.15, 0.2) is 5.17 Å². The number of methoxy groups -OCH3 is 1. The monoisotopic (exact) mass is 317 g/mol. The van der Waals surface area contributed by atoms with Crippen molar-refractivity contribution in [2.75, 3.05) is 7.11 Å². The first-order valence-electron chi connectivity index (χ1n) is 7.78. The molecule has 3 fully saturated rings. The van der Waals surface area contributed by atoms with Crippen LogP contribution >= 0.6 is 11.8 Å².